The van der Waals surface area contributed by atoms with Crippen LogP contribution in [0.2, 0.25) is 0 Å². The fourth-order valence-corrected chi connectivity index (χ4v) is 1.47. The number of halogens is 3. The molecule has 0 aliphatic carbocycles. The summed E-state index contributed by atoms with van der Waals surface area (Å²) < 4.78 is 40.0. The van der Waals surface area contributed by atoms with Gasteiger partial charge in [0.15, 0.2) is 0 Å². The summed E-state index contributed by atoms with van der Waals surface area (Å²) in [5.74, 6) is 0. The summed E-state index contributed by atoms with van der Waals surface area (Å²) >= 11 is 0. The molecule has 1 unspecified atom stereocenters. The minimum absolute atomic E-state index is 0.0769. The van der Waals surface area contributed by atoms with Crippen LogP contribution in [0, 0.1) is 0 Å². The van der Waals surface area contributed by atoms with Gasteiger partial charge < -0.3 is 10.5 Å². The minimum atomic E-state index is -4.24. The van der Waals surface area contributed by atoms with E-state index in [1.807, 2.05) is 6.92 Å². The lowest BCUT2D eigenvalue weighted by Crippen LogP contribution is -2.40. The molecule has 0 bridgehead atoms. The Kier molecular flexibility index (Phi) is 6.99. The number of nitrogens with two attached hydrogens (primary N) is 1. The Morgan fingerprint density at radius 3 is 2.19 bits per heavy atom. The zero-order chi connectivity index (χ0) is 12.7. The van der Waals surface area contributed by atoms with Crippen LogP contribution in [0.1, 0.15) is 46.0 Å². The molecule has 0 saturated heterocycles. The molecule has 0 aliphatic rings. The SMILES string of the molecule is CCCCC(N)(CC)CCOCC(F)(F)F. The first-order valence-corrected chi connectivity index (χ1v) is 5.76. The third-order valence-electron chi connectivity index (χ3n) is 2.74. The molecule has 0 rings (SSSR count). The summed E-state index contributed by atoms with van der Waals surface area (Å²) in [5, 5.41) is 0. The van der Waals surface area contributed by atoms with E-state index < -0.39 is 12.8 Å². The highest BCUT2D eigenvalue weighted by molar-refractivity contribution is 4.82. The van der Waals surface area contributed by atoms with Gasteiger partial charge >= 0.3 is 6.18 Å². The molecule has 2 nitrogen and oxygen atoms in total. The smallest absolute Gasteiger partial charge is 0.372 e. The predicted molar refractivity (Wildman–Crippen MR) is 58.2 cm³/mol. The van der Waals surface area contributed by atoms with Gasteiger partial charge in [0.05, 0.1) is 0 Å². The van der Waals surface area contributed by atoms with E-state index in [2.05, 4.69) is 11.7 Å². The first-order valence-electron chi connectivity index (χ1n) is 5.76. The summed E-state index contributed by atoms with van der Waals surface area (Å²) in [6, 6.07) is 0. The Morgan fingerprint density at radius 2 is 1.75 bits per heavy atom. The van der Waals surface area contributed by atoms with Gasteiger partial charge in [0, 0.05) is 12.1 Å². The maximum atomic E-state index is 11.8. The molecule has 0 saturated carbocycles. The predicted octanol–water partition coefficient (Wildman–Crippen LogP) is 3.25. The van der Waals surface area contributed by atoms with E-state index in [4.69, 9.17) is 5.73 Å². The second-order valence-electron chi connectivity index (χ2n) is 4.24. The fraction of sp³-hybridized carbons (Fsp3) is 1.00. The van der Waals surface area contributed by atoms with E-state index >= 15 is 0 Å². The van der Waals surface area contributed by atoms with Crippen LogP contribution < -0.4 is 5.73 Å². The molecule has 0 aromatic rings. The number of rotatable bonds is 8. The van der Waals surface area contributed by atoms with Gasteiger partial charge in [0.2, 0.25) is 0 Å². The van der Waals surface area contributed by atoms with E-state index in [9.17, 15) is 13.2 Å². The van der Waals surface area contributed by atoms with Crippen LogP contribution in [-0.2, 0) is 4.74 Å². The largest absolute Gasteiger partial charge is 0.411 e. The van der Waals surface area contributed by atoms with Crippen molar-refractivity contribution in [1.29, 1.82) is 0 Å². The molecule has 0 aliphatic heterocycles. The van der Waals surface area contributed by atoms with Crippen LogP contribution in [0.25, 0.3) is 0 Å². The molecule has 5 heteroatoms. The topological polar surface area (TPSA) is 35.2 Å². The van der Waals surface area contributed by atoms with Gasteiger partial charge in [-0.3, -0.25) is 0 Å². The molecule has 0 amide bonds. The molecule has 0 fully saturated rings. The lowest BCUT2D eigenvalue weighted by Gasteiger charge is -2.28. The highest BCUT2D eigenvalue weighted by Crippen LogP contribution is 2.20. The number of hydrogen-bond acceptors (Lipinski definition) is 2. The summed E-state index contributed by atoms with van der Waals surface area (Å²) in [6.07, 6.45) is -0.101. The quantitative estimate of drug-likeness (QED) is 0.662. The monoisotopic (exact) mass is 241 g/mol. The van der Waals surface area contributed by atoms with E-state index in [0.717, 1.165) is 25.7 Å². The van der Waals surface area contributed by atoms with Crippen molar-refractivity contribution in [3.05, 3.63) is 0 Å². The van der Waals surface area contributed by atoms with Crippen molar-refractivity contribution in [3.63, 3.8) is 0 Å². The van der Waals surface area contributed by atoms with Crippen molar-refractivity contribution in [2.45, 2.75) is 57.7 Å². The van der Waals surface area contributed by atoms with Crippen LogP contribution >= 0.6 is 0 Å². The van der Waals surface area contributed by atoms with Gasteiger partial charge in [-0.1, -0.05) is 26.7 Å². The highest BCUT2D eigenvalue weighted by Gasteiger charge is 2.28. The highest BCUT2D eigenvalue weighted by atomic mass is 19.4. The summed E-state index contributed by atoms with van der Waals surface area (Å²) in [5.41, 5.74) is 5.70. The van der Waals surface area contributed by atoms with Crippen LogP contribution in [0.4, 0.5) is 13.2 Å². The van der Waals surface area contributed by atoms with Crippen LogP contribution in [0.3, 0.4) is 0 Å². The van der Waals surface area contributed by atoms with E-state index in [-0.39, 0.29) is 12.1 Å². The van der Waals surface area contributed by atoms with Crippen molar-refractivity contribution in [2.24, 2.45) is 5.73 Å². The summed E-state index contributed by atoms with van der Waals surface area (Å²) in [7, 11) is 0. The summed E-state index contributed by atoms with van der Waals surface area (Å²) in [4.78, 5) is 0. The molecule has 0 aromatic heterocycles. The molecule has 0 aromatic carbocycles. The molecule has 0 radical (unpaired) electrons. The molecule has 1 atom stereocenters. The number of ether oxygens (including phenoxy) is 1. The van der Waals surface area contributed by atoms with Gasteiger partial charge in [-0.25, -0.2) is 0 Å². The standard InChI is InChI=1S/C11H22F3NO/c1-3-5-6-10(15,4-2)7-8-16-9-11(12,13)14/h3-9,15H2,1-2H3. The Bertz CT molecular complexity index is 185. The molecule has 16 heavy (non-hydrogen) atoms. The average Bonchev–Trinajstić information content (AvgIpc) is 2.20. The number of alkyl halides is 3. The number of unbranched alkanes of at least 4 members (excludes halogenated alkanes) is 1. The third kappa shape index (κ3) is 7.93. The van der Waals surface area contributed by atoms with Gasteiger partial charge in [-0.05, 0) is 19.3 Å². The molecule has 2 N–H and O–H groups in total. The van der Waals surface area contributed by atoms with Gasteiger partial charge in [-0.15, -0.1) is 0 Å². The molecule has 98 valence electrons. The maximum Gasteiger partial charge on any atom is 0.411 e. The molecule has 0 spiro atoms. The Morgan fingerprint density at radius 1 is 1.12 bits per heavy atom. The molecule has 0 heterocycles. The van der Waals surface area contributed by atoms with Gasteiger partial charge in [-0.2, -0.15) is 13.2 Å². The van der Waals surface area contributed by atoms with E-state index in [1.165, 1.54) is 0 Å². The summed E-state index contributed by atoms with van der Waals surface area (Å²) in [6.45, 7) is 2.92. The Labute approximate surface area is 95.3 Å². The lowest BCUT2D eigenvalue weighted by atomic mass is 9.88. The van der Waals surface area contributed by atoms with Crippen LogP contribution in [0.15, 0.2) is 0 Å². The van der Waals surface area contributed by atoms with Crippen molar-refractivity contribution in [3.8, 4) is 0 Å². The normalized spacial score (nSPS) is 16.1. The second-order valence-corrected chi connectivity index (χ2v) is 4.24. The van der Waals surface area contributed by atoms with Crippen LogP contribution in [-0.4, -0.2) is 24.9 Å². The van der Waals surface area contributed by atoms with Crippen molar-refractivity contribution in [2.75, 3.05) is 13.2 Å². The first-order chi connectivity index (χ1) is 7.33. The fourth-order valence-electron chi connectivity index (χ4n) is 1.47. The molecular formula is C11H22F3NO. The maximum absolute atomic E-state index is 11.8. The number of hydrogen-bond donors (Lipinski definition) is 1. The first kappa shape index (κ1) is 15.7. The minimum Gasteiger partial charge on any atom is -0.372 e. The Hall–Kier alpha value is -0.290. The second kappa shape index (κ2) is 7.12. The zero-order valence-electron chi connectivity index (χ0n) is 10.1. The van der Waals surface area contributed by atoms with E-state index in [0.29, 0.717) is 6.42 Å². The van der Waals surface area contributed by atoms with Gasteiger partial charge in [0.1, 0.15) is 6.61 Å². The van der Waals surface area contributed by atoms with Crippen molar-refractivity contribution >= 4 is 0 Å². The zero-order valence-corrected chi connectivity index (χ0v) is 10.1. The third-order valence-corrected chi connectivity index (χ3v) is 2.74. The lowest BCUT2D eigenvalue weighted by molar-refractivity contribution is -0.174. The average molecular weight is 241 g/mol. The molecular weight excluding hydrogens is 219 g/mol. The van der Waals surface area contributed by atoms with Gasteiger partial charge in [0.25, 0.3) is 0 Å². The van der Waals surface area contributed by atoms with Crippen molar-refractivity contribution in [1.82, 2.24) is 0 Å². The van der Waals surface area contributed by atoms with Crippen molar-refractivity contribution < 1.29 is 17.9 Å². The van der Waals surface area contributed by atoms with E-state index in [1.54, 1.807) is 0 Å². The Balaban J connectivity index is 3.77. The van der Waals surface area contributed by atoms with Crippen LogP contribution in [0.5, 0.6) is 0 Å².